The highest BCUT2D eigenvalue weighted by Crippen LogP contribution is 2.42. The normalized spacial score (nSPS) is 13.3. The quantitative estimate of drug-likeness (QED) is 0.412. The molecule has 0 bridgehead atoms. The Kier molecular flexibility index (Phi) is 6.46. The fraction of sp³-hybridized carbons (Fsp3) is 0.250. The zero-order valence-corrected chi connectivity index (χ0v) is 18.7. The van der Waals surface area contributed by atoms with Gasteiger partial charge in [-0.15, -0.1) is 0 Å². The maximum atomic E-state index is 12.4. The van der Waals surface area contributed by atoms with E-state index in [9.17, 15) is 14.7 Å². The van der Waals surface area contributed by atoms with Crippen LogP contribution in [0.25, 0.3) is 16.4 Å². The second-order valence-corrected chi connectivity index (χ2v) is 8.40. The van der Waals surface area contributed by atoms with Crippen molar-refractivity contribution >= 4 is 39.9 Å². The van der Waals surface area contributed by atoms with E-state index in [4.69, 9.17) is 16.7 Å². The van der Waals surface area contributed by atoms with Gasteiger partial charge in [0.25, 0.3) is 5.91 Å². The fourth-order valence-electron chi connectivity index (χ4n) is 3.93. The second kappa shape index (κ2) is 9.46. The van der Waals surface area contributed by atoms with E-state index in [0.29, 0.717) is 17.0 Å². The van der Waals surface area contributed by atoms with Crippen molar-refractivity contribution in [2.45, 2.75) is 32.1 Å². The molecule has 1 amide bonds. The molecule has 2 heterocycles. The van der Waals surface area contributed by atoms with Crippen LogP contribution in [-0.4, -0.2) is 43.2 Å². The molecule has 170 valence electrons. The molecule has 3 N–H and O–H groups in total. The smallest absolute Gasteiger partial charge is 0.322 e. The number of carboxylic acid groups (broad SMARTS) is 1. The minimum atomic E-state index is -1.17. The van der Waals surface area contributed by atoms with Gasteiger partial charge < -0.3 is 15.5 Å². The van der Waals surface area contributed by atoms with Gasteiger partial charge >= 0.3 is 5.97 Å². The Labute approximate surface area is 194 Å². The third kappa shape index (κ3) is 4.61. The van der Waals surface area contributed by atoms with Crippen LogP contribution in [0, 0.1) is 6.92 Å². The molecule has 4 aromatic rings. The monoisotopic (exact) mass is 466 g/mol. The van der Waals surface area contributed by atoms with Gasteiger partial charge in [0.2, 0.25) is 0 Å². The lowest BCUT2D eigenvalue weighted by molar-refractivity contribution is -0.135. The zero-order valence-electron chi connectivity index (χ0n) is 18.0. The molecule has 0 atom stereocenters. The summed E-state index contributed by atoms with van der Waals surface area (Å²) in [5, 5.41) is 27.9. The Bertz CT molecular complexity index is 1330. The SMILES string of the molecule is Cc1cccc(Cl)c1.O=C(O)CNC(=O)c1c(O)c2cccc(C3CCC3)c2c2ncnn12. The number of aryl methyl sites for hydroxylation is 1. The lowest BCUT2D eigenvalue weighted by atomic mass is 9.78. The number of aliphatic carboxylic acids is 1. The highest BCUT2D eigenvalue weighted by Gasteiger charge is 2.27. The highest BCUT2D eigenvalue weighted by atomic mass is 35.5. The number of nitrogens with zero attached hydrogens (tertiary/aromatic N) is 3. The van der Waals surface area contributed by atoms with Gasteiger partial charge in [-0.1, -0.05) is 48.4 Å². The average Bonchev–Trinajstić information content (AvgIpc) is 3.21. The van der Waals surface area contributed by atoms with E-state index < -0.39 is 18.4 Å². The number of aromatic hydroxyl groups is 1. The van der Waals surface area contributed by atoms with Crippen LogP contribution >= 0.6 is 11.6 Å². The number of hydrogen-bond acceptors (Lipinski definition) is 5. The molecule has 0 radical (unpaired) electrons. The Balaban J connectivity index is 0.000000275. The van der Waals surface area contributed by atoms with Crippen molar-refractivity contribution < 1.29 is 19.8 Å². The summed E-state index contributed by atoms with van der Waals surface area (Å²) in [7, 11) is 0. The molecular formula is C24H23ClN4O4. The summed E-state index contributed by atoms with van der Waals surface area (Å²) in [6.07, 6.45) is 4.66. The third-order valence-corrected chi connectivity index (χ3v) is 5.93. The van der Waals surface area contributed by atoms with Gasteiger partial charge in [-0.2, -0.15) is 5.10 Å². The highest BCUT2D eigenvalue weighted by molar-refractivity contribution is 6.30. The van der Waals surface area contributed by atoms with Crippen LogP contribution < -0.4 is 5.32 Å². The Morgan fingerprint density at radius 1 is 1.21 bits per heavy atom. The molecule has 5 rings (SSSR count). The predicted octanol–water partition coefficient (Wildman–Crippen LogP) is 4.32. The van der Waals surface area contributed by atoms with Crippen LogP contribution in [0.4, 0.5) is 0 Å². The van der Waals surface area contributed by atoms with E-state index in [1.54, 1.807) is 6.07 Å². The van der Waals surface area contributed by atoms with Crippen LogP contribution in [0.3, 0.4) is 0 Å². The van der Waals surface area contributed by atoms with Crippen molar-refractivity contribution in [3.05, 3.63) is 70.6 Å². The van der Waals surface area contributed by atoms with Crippen molar-refractivity contribution in [1.29, 1.82) is 0 Å². The Morgan fingerprint density at radius 2 is 1.97 bits per heavy atom. The number of halogens is 1. The Morgan fingerprint density at radius 3 is 2.58 bits per heavy atom. The first-order valence-electron chi connectivity index (χ1n) is 10.6. The van der Waals surface area contributed by atoms with Crippen molar-refractivity contribution in [2.75, 3.05) is 6.54 Å². The van der Waals surface area contributed by atoms with Gasteiger partial charge in [0.15, 0.2) is 17.1 Å². The number of rotatable bonds is 4. The molecule has 9 heteroatoms. The first-order chi connectivity index (χ1) is 15.9. The summed E-state index contributed by atoms with van der Waals surface area (Å²) in [6, 6.07) is 13.4. The number of carbonyl (C=O) groups is 2. The molecule has 0 spiro atoms. The van der Waals surface area contributed by atoms with Crippen LogP contribution in [-0.2, 0) is 4.79 Å². The largest absolute Gasteiger partial charge is 0.505 e. The standard InChI is InChI=1S/C17H16N4O4.C7H7Cl/c22-12(23)7-18-17(25)14-15(24)11-6-2-5-10(9-3-1-4-9)13(11)16-19-8-20-21(14)16;1-6-3-2-4-7(8)5-6/h2,5-6,8-9,24H,1,3-4,7H2,(H,18,25)(H,22,23);2-5H,1H3. The maximum absolute atomic E-state index is 12.4. The molecule has 0 aliphatic heterocycles. The summed E-state index contributed by atoms with van der Waals surface area (Å²) >= 11 is 5.64. The first-order valence-corrected chi connectivity index (χ1v) is 10.9. The van der Waals surface area contributed by atoms with Gasteiger partial charge in [0.05, 0.1) is 0 Å². The molecule has 0 saturated heterocycles. The van der Waals surface area contributed by atoms with Crippen LogP contribution in [0.2, 0.25) is 5.02 Å². The molecule has 1 aliphatic carbocycles. The molecule has 0 unspecified atom stereocenters. The molecule has 2 aromatic heterocycles. The van der Waals surface area contributed by atoms with E-state index in [0.717, 1.165) is 28.8 Å². The van der Waals surface area contributed by atoms with E-state index in [2.05, 4.69) is 15.4 Å². The third-order valence-electron chi connectivity index (χ3n) is 5.70. The number of carbonyl (C=O) groups excluding carboxylic acids is 1. The van der Waals surface area contributed by atoms with Crippen molar-refractivity contribution in [2.24, 2.45) is 0 Å². The molecule has 2 aromatic carbocycles. The zero-order chi connectivity index (χ0) is 23.5. The van der Waals surface area contributed by atoms with E-state index in [1.165, 1.54) is 22.8 Å². The van der Waals surface area contributed by atoms with Crippen molar-refractivity contribution in [3.63, 3.8) is 0 Å². The van der Waals surface area contributed by atoms with Gasteiger partial charge in [-0.25, -0.2) is 9.50 Å². The van der Waals surface area contributed by atoms with Crippen LogP contribution in [0.15, 0.2) is 48.8 Å². The molecule has 8 nitrogen and oxygen atoms in total. The molecule has 1 fully saturated rings. The minimum Gasteiger partial charge on any atom is -0.505 e. The summed E-state index contributed by atoms with van der Waals surface area (Å²) in [5.74, 6) is -1.70. The molecule has 1 saturated carbocycles. The van der Waals surface area contributed by atoms with Crippen molar-refractivity contribution in [3.8, 4) is 5.75 Å². The summed E-state index contributed by atoms with van der Waals surface area (Å²) < 4.78 is 1.27. The molecule has 33 heavy (non-hydrogen) atoms. The van der Waals surface area contributed by atoms with Gasteiger partial charge in [0.1, 0.15) is 12.9 Å². The average molecular weight is 467 g/mol. The number of aromatic nitrogens is 3. The van der Waals surface area contributed by atoms with E-state index >= 15 is 0 Å². The number of amides is 1. The fourth-order valence-corrected chi connectivity index (χ4v) is 4.17. The number of pyridine rings is 1. The van der Waals surface area contributed by atoms with Crippen LogP contribution in [0.1, 0.15) is 46.8 Å². The maximum Gasteiger partial charge on any atom is 0.322 e. The number of hydrogen-bond donors (Lipinski definition) is 3. The number of nitrogens with one attached hydrogen (secondary N) is 1. The lowest BCUT2D eigenvalue weighted by Crippen LogP contribution is -2.31. The summed E-state index contributed by atoms with van der Waals surface area (Å²) in [6.45, 7) is 1.47. The summed E-state index contributed by atoms with van der Waals surface area (Å²) in [5.41, 5.74) is 2.66. The number of carboxylic acids is 1. The lowest BCUT2D eigenvalue weighted by Gasteiger charge is -2.27. The van der Waals surface area contributed by atoms with E-state index in [1.807, 2.05) is 43.3 Å². The van der Waals surface area contributed by atoms with Gasteiger partial charge in [-0.05, 0) is 48.9 Å². The topological polar surface area (TPSA) is 117 Å². The summed E-state index contributed by atoms with van der Waals surface area (Å²) in [4.78, 5) is 27.4. The Hall–Kier alpha value is -3.65. The van der Waals surface area contributed by atoms with E-state index in [-0.39, 0.29) is 11.4 Å². The first kappa shape index (κ1) is 22.5. The second-order valence-electron chi connectivity index (χ2n) is 7.97. The number of fused-ring (bicyclic) bond motifs is 3. The van der Waals surface area contributed by atoms with Crippen molar-refractivity contribution in [1.82, 2.24) is 19.9 Å². The molecule has 1 aliphatic rings. The molecular weight excluding hydrogens is 444 g/mol. The van der Waals surface area contributed by atoms with Gasteiger partial charge in [0, 0.05) is 15.8 Å². The van der Waals surface area contributed by atoms with Gasteiger partial charge in [-0.3, -0.25) is 9.59 Å². The van der Waals surface area contributed by atoms with Crippen LogP contribution in [0.5, 0.6) is 5.75 Å². The predicted molar refractivity (Wildman–Crippen MR) is 125 cm³/mol. The minimum absolute atomic E-state index is 0.119. The number of benzene rings is 2.